The van der Waals surface area contributed by atoms with Gasteiger partial charge in [0.1, 0.15) is 11.8 Å². The van der Waals surface area contributed by atoms with Crippen molar-refractivity contribution < 1.29 is 17.9 Å². The molecule has 2 aromatic carbocycles. The van der Waals surface area contributed by atoms with E-state index in [4.69, 9.17) is 4.74 Å². The van der Waals surface area contributed by atoms with Gasteiger partial charge in [-0.15, -0.1) is 0 Å². The molecular weight excluding hydrogens is 376 g/mol. The number of carbonyl (C=O) groups excluding carboxylic acids is 1. The van der Waals surface area contributed by atoms with Crippen LogP contribution in [-0.2, 0) is 27.8 Å². The maximum atomic E-state index is 12.8. The summed E-state index contributed by atoms with van der Waals surface area (Å²) < 4.78 is 32.0. The van der Waals surface area contributed by atoms with Gasteiger partial charge in [0.15, 0.2) is 0 Å². The molecule has 0 aliphatic carbocycles. The monoisotopic (exact) mass is 402 g/mol. The minimum Gasteiger partial charge on any atom is -0.494 e. The van der Waals surface area contributed by atoms with Crippen molar-refractivity contribution in [1.82, 2.24) is 9.62 Å². The van der Waals surface area contributed by atoms with E-state index < -0.39 is 16.1 Å². The van der Waals surface area contributed by atoms with E-state index in [-0.39, 0.29) is 18.2 Å². The zero-order valence-corrected chi connectivity index (χ0v) is 16.8. The van der Waals surface area contributed by atoms with Crippen LogP contribution in [0.3, 0.4) is 0 Å². The topological polar surface area (TPSA) is 75.7 Å². The van der Waals surface area contributed by atoms with Gasteiger partial charge < -0.3 is 10.1 Å². The maximum absolute atomic E-state index is 12.8. The summed E-state index contributed by atoms with van der Waals surface area (Å²) >= 11 is 0. The molecule has 1 aliphatic heterocycles. The van der Waals surface area contributed by atoms with Crippen LogP contribution < -0.4 is 10.1 Å². The van der Waals surface area contributed by atoms with Gasteiger partial charge in [0.05, 0.1) is 12.4 Å². The van der Waals surface area contributed by atoms with E-state index in [0.29, 0.717) is 26.0 Å². The van der Waals surface area contributed by atoms with E-state index in [1.54, 1.807) is 6.92 Å². The molecule has 0 saturated heterocycles. The zero-order chi connectivity index (χ0) is 20.0. The number of para-hydroxylation sites is 1. The first-order valence-corrected chi connectivity index (χ1v) is 11.1. The van der Waals surface area contributed by atoms with Crippen molar-refractivity contribution >= 4 is 15.9 Å². The van der Waals surface area contributed by atoms with E-state index in [9.17, 15) is 13.2 Å². The lowest BCUT2D eigenvalue weighted by atomic mass is 9.95. The van der Waals surface area contributed by atoms with Crippen molar-refractivity contribution in [2.75, 3.05) is 18.9 Å². The van der Waals surface area contributed by atoms with Gasteiger partial charge in [0, 0.05) is 13.1 Å². The molecule has 7 heteroatoms. The second-order valence-corrected chi connectivity index (χ2v) is 8.95. The predicted molar refractivity (Wildman–Crippen MR) is 109 cm³/mol. The summed E-state index contributed by atoms with van der Waals surface area (Å²) in [6, 6.07) is 16.5. The highest BCUT2D eigenvalue weighted by Crippen LogP contribution is 2.26. The first kappa shape index (κ1) is 20.4. The summed E-state index contributed by atoms with van der Waals surface area (Å²) in [6.45, 7) is 2.76. The number of sulfonamides is 1. The summed E-state index contributed by atoms with van der Waals surface area (Å²) in [5.74, 6) is 0.508. The van der Waals surface area contributed by atoms with Crippen molar-refractivity contribution in [2.45, 2.75) is 32.4 Å². The molecule has 2 aromatic rings. The fourth-order valence-electron chi connectivity index (χ4n) is 3.29. The lowest BCUT2D eigenvalue weighted by Crippen LogP contribution is -2.53. The maximum Gasteiger partial charge on any atom is 0.238 e. The molecule has 0 aromatic heterocycles. The molecule has 150 valence electrons. The number of fused-ring (bicyclic) bond motifs is 1. The molecule has 1 amide bonds. The number of hydrogen-bond donors (Lipinski definition) is 1. The largest absolute Gasteiger partial charge is 0.494 e. The molecule has 0 saturated carbocycles. The van der Waals surface area contributed by atoms with Gasteiger partial charge in [-0.25, -0.2) is 8.42 Å². The lowest BCUT2D eigenvalue weighted by Gasteiger charge is -2.34. The Morgan fingerprint density at radius 2 is 1.79 bits per heavy atom. The average Bonchev–Trinajstić information content (AvgIpc) is 2.73. The van der Waals surface area contributed by atoms with Gasteiger partial charge in [0.25, 0.3) is 0 Å². The molecule has 6 nitrogen and oxygen atoms in total. The van der Waals surface area contributed by atoms with Gasteiger partial charge in [0.2, 0.25) is 15.9 Å². The molecular formula is C21H26N2O4S. The van der Waals surface area contributed by atoms with Crippen LogP contribution in [0, 0.1) is 0 Å². The van der Waals surface area contributed by atoms with Gasteiger partial charge >= 0.3 is 0 Å². The number of rotatable bonds is 8. The molecule has 3 rings (SSSR count). The fraction of sp³-hybridized carbons (Fsp3) is 0.381. The van der Waals surface area contributed by atoms with Crippen molar-refractivity contribution in [3.05, 3.63) is 65.7 Å². The van der Waals surface area contributed by atoms with Crippen LogP contribution in [-0.4, -0.2) is 43.6 Å². The summed E-state index contributed by atoms with van der Waals surface area (Å²) in [7, 11) is -3.48. The second kappa shape index (κ2) is 9.21. The molecule has 1 atom stereocenters. The van der Waals surface area contributed by atoms with E-state index in [0.717, 1.165) is 16.9 Å². The molecule has 28 heavy (non-hydrogen) atoms. The predicted octanol–water partition coefficient (Wildman–Crippen LogP) is 2.35. The zero-order valence-electron chi connectivity index (χ0n) is 16.0. The van der Waals surface area contributed by atoms with E-state index in [1.165, 1.54) is 4.31 Å². The molecule has 0 fully saturated rings. The van der Waals surface area contributed by atoms with E-state index in [1.807, 2.05) is 54.6 Å². The number of ether oxygens (including phenoxy) is 1. The minimum absolute atomic E-state index is 0.0239. The van der Waals surface area contributed by atoms with Gasteiger partial charge in [-0.05, 0) is 43.0 Å². The molecule has 1 N–H and O–H groups in total. The molecule has 1 aliphatic rings. The Hall–Kier alpha value is -2.38. The number of amides is 1. The number of benzene rings is 2. The number of carbonyl (C=O) groups is 1. The van der Waals surface area contributed by atoms with Gasteiger partial charge in [-0.1, -0.05) is 42.5 Å². The highest BCUT2D eigenvalue weighted by atomic mass is 32.2. The Bertz CT molecular complexity index is 900. The lowest BCUT2D eigenvalue weighted by molar-refractivity contribution is -0.125. The number of nitrogens with zero attached hydrogens (tertiary/aromatic N) is 1. The van der Waals surface area contributed by atoms with Crippen LogP contribution in [0.25, 0.3) is 0 Å². The minimum atomic E-state index is -3.48. The quantitative estimate of drug-likeness (QED) is 0.688. The molecule has 1 heterocycles. The third-order valence-corrected chi connectivity index (χ3v) is 6.69. The Labute approximate surface area is 166 Å². The van der Waals surface area contributed by atoms with Crippen LogP contribution in [0.4, 0.5) is 0 Å². The second-order valence-electron chi connectivity index (χ2n) is 6.74. The van der Waals surface area contributed by atoms with Crippen LogP contribution >= 0.6 is 0 Å². The van der Waals surface area contributed by atoms with Crippen LogP contribution in [0.1, 0.15) is 24.5 Å². The molecule has 1 unspecified atom stereocenters. The van der Waals surface area contributed by atoms with Crippen LogP contribution in [0.5, 0.6) is 5.75 Å². The Morgan fingerprint density at radius 1 is 1.11 bits per heavy atom. The van der Waals surface area contributed by atoms with Crippen molar-refractivity contribution in [3.63, 3.8) is 0 Å². The first-order chi connectivity index (χ1) is 13.5. The van der Waals surface area contributed by atoms with Gasteiger partial charge in [-0.2, -0.15) is 4.31 Å². The summed E-state index contributed by atoms with van der Waals surface area (Å²) in [6.07, 6.45) is 1.03. The van der Waals surface area contributed by atoms with Crippen molar-refractivity contribution in [3.8, 4) is 5.75 Å². The normalized spacial score (nSPS) is 17.0. The Kier molecular flexibility index (Phi) is 6.70. The van der Waals surface area contributed by atoms with Crippen LogP contribution in [0.15, 0.2) is 54.6 Å². The molecule has 0 spiro atoms. The van der Waals surface area contributed by atoms with E-state index >= 15 is 0 Å². The SMILES string of the molecule is CCS(=O)(=O)N1Cc2ccccc2CC1C(=O)NCCCOc1ccccc1. The standard InChI is InChI=1S/C21H26N2O4S/c1-2-28(25,26)23-16-18-10-7-6-9-17(18)15-20(23)21(24)22-13-8-14-27-19-11-4-3-5-12-19/h3-7,9-12,20H,2,8,13-16H2,1H3,(H,22,24). The van der Waals surface area contributed by atoms with Crippen LogP contribution in [0.2, 0.25) is 0 Å². The van der Waals surface area contributed by atoms with Gasteiger partial charge in [-0.3, -0.25) is 4.79 Å². The Morgan fingerprint density at radius 3 is 2.50 bits per heavy atom. The van der Waals surface area contributed by atoms with Crippen molar-refractivity contribution in [1.29, 1.82) is 0 Å². The highest BCUT2D eigenvalue weighted by molar-refractivity contribution is 7.89. The fourth-order valence-corrected chi connectivity index (χ4v) is 4.51. The number of nitrogens with one attached hydrogen (secondary N) is 1. The Balaban J connectivity index is 1.58. The molecule has 0 radical (unpaired) electrons. The highest BCUT2D eigenvalue weighted by Gasteiger charge is 2.37. The third-order valence-electron chi connectivity index (χ3n) is 4.86. The molecule has 0 bridgehead atoms. The average molecular weight is 403 g/mol. The first-order valence-electron chi connectivity index (χ1n) is 9.53. The number of hydrogen-bond acceptors (Lipinski definition) is 4. The summed E-state index contributed by atoms with van der Waals surface area (Å²) in [5, 5.41) is 2.87. The smallest absolute Gasteiger partial charge is 0.238 e. The summed E-state index contributed by atoms with van der Waals surface area (Å²) in [4.78, 5) is 12.8. The summed E-state index contributed by atoms with van der Waals surface area (Å²) in [5.41, 5.74) is 1.98. The third kappa shape index (κ3) is 4.91. The van der Waals surface area contributed by atoms with E-state index in [2.05, 4.69) is 5.32 Å². The van der Waals surface area contributed by atoms with Crippen molar-refractivity contribution in [2.24, 2.45) is 0 Å².